The maximum atomic E-state index is 9.94. The quantitative estimate of drug-likeness (QED) is 0.227. The molecule has 0 saturated carbocycles. The van der Waals surface area contributed by atoms with Gasteiger partial charge in [-0.2, -0.15) is 10.5 Å². The van der Waals surface area contributed by atoms with E-state index in [4.69, 9.17) is 0 Å². The Hall–Kier alpha value is -6.10. The van der Waals surface area contributed by atoms with E-state index in [0.29, 0.717) is 11.1 Å². The summed E-state index contributed by atoms with van der Waals surface area (Å²) in [4.78, 5) is 0. The van der Waals surface area contributed by atoms with Crippen molar-refractivity contribution < 1.29 is 0 Å². The minimum atomic E-state index is 0.597. The van der Waals surface area contributed by atoms with Crippen LogP contribution in [-0.4, -0.2) is 9.13 Å². The monoisotopic (exact) mass is 534 g/mol. The van der Waals surface area contributed by atoms with Gasteiger partial charge < -0.3 is 9.13 Å². The lowest BCUT2D eigenvalue weighted by molar-refractivity contribution is 1.17. The number of aromatic nitrogens is 2. The molecule has 0 atom stereocenters. The summed E-state index contributed by atoms with van der Waals surface area (Å²) in [5.74, 6) is 0. The third kappa shape index (κ3) is 3.47. The Morgan fingerprint density at radius 3 is 1.86 bits per heavy atom. The summed E-state index contributed by atoms with van der Waals surface area (Å²) in [5.41, 5.74) is 9.59. The second-order valence-corrected chi connectivity index (χ2v) is 10.5. The van der Waals surface area contributed by atoms with Crippen molar-refractivity contribution in [3.63, 3.8) is 0 Å². The topological polar surface area (TPSA) is 57.4 Å². The van der Waals surface area contributed by atoms with Gasteiger partial charge in [-0.05, 0) is 71.8 Å². The molecule has 0 fully saturated rings. The van der Waals surface area contributed by atoms with Crippen LogP contribution in [-0.2, 0) is 0 Å². The summed E-state index contributed by atoms with van der Waals surface area (Å²) in [5, 5.41) is 24.0. The predicted octanol–water partition coefficient (Wildman–Crippen LogP) is 9.29. The molecule has 4 heteroatoms. The first-order valence-electron chi connectivity index (χ1n) is 13.8. The van der Waals surface area contributed by atoms with Crippen LogP contribution in [0.25, 0.3) is 66.1 Å². The van der Waals surface area contributed by atoms with Crippen LogP contribution in [0.3, 0.4) is 0 Å². The summed E-state index contributed by atoms with van der Waals surface area (Å²) in [6.07, 6.45) is 0. The van der Waals surface area contributed by atoms with E-state index in [2.05, 4.69) is 112 Å². The summed E-state index contributed by atoms with van der Waals surface area (Å²) >= 11 is 0. The Bertz CT molecular complexity index is 2390. The molecule has 0 bridgehead atoms. The second-order valence-electron chi connectivity index (χ2n) is 10.5. The number of benzene rings is 6. The Morgan fingerprint density at radius 2 is 1.10 bits per heavy atom. The van der Waals surface area contributed by atoms with E-state index in [-0.39, 0.29) is 0 Å². The van der Waals surface area contributed by atoms with Gasteiger partial charge in [-0.3, -0.25) is 0 Å². The molecule has 4 nitrogen and oxygen atoms in total. The van der Waals surface area contributed by atoms with Crippen molar-refractivity contribution in [2.75, 3.05) is 0 Å². The highest BCUT2D eigenvalue weighted by Gasteiger charge is 2.17. The van der Waals surface area contributed by atoms with E-state index < -0.39 is 0 Å². The van der Waals surface area contributed by atoms with Crippen LogP contribution in [0.1, 0.15) is 11.1 Å². The maximum absolute atomic E-state index is 9.94. The molecule has 194 valence electrons. The highest BCUT2D eigenvalue weighted by Crippen LogP contribution is 2.37. The molecule has 8 rings (SSSR count). The third-order valence-corrected chi connectivity index (χ3v) is 8.18. The standard InChI is InChI=1S/C38H22N4/c39-23-25-16-19-37-33(20-25)32-18-17-27(22-38(32)42(37)34-13-4-1-8-28(34)24-40)26-9-7-10-29(21-26)41-35-14-5-2-11-30(35)31-12-3-6-15-36(31)41/h1-22H. The number of nitriles is 2. The van der Waals surface area contributed by atoms with Crippen molar-refractivity contribution >= 4 is 43.6 Å². The third-order valence-electron chi connectivity index (χ3n) is 8.18. The van der Waals surface area contributed by atoms with Crippen LogP contribution >= 0.6 is 0 Å². The summed E-state index contributed by atoms with van der Waals surface area (Å²) in [6.45, 7) is 0. The van der Waals surface area contributed by atoms with E-state index >= 15 is 0 Å². The zero-order valence-electron chi connectivity index (χ0n) is 22.5. The molecule has 6 aromatic carbocycles. The summed E-state index contributed by atoms with van der Waals surface area (Å²) in [6, 6.07) is 50.2. The van der Waals surface area contributed by atoms with Crippen molar-refractivity contribution in [3.05, 3.63) is 145 Å². The minimum Gasteiger partial charge on any atom is -0.309 e. The van der Waals surface area contributed by atoms with Crippen LogP contribution in [0.15, 0.2) is 133 Å². The zero-order chi connectivity index (χ0) is 28.2. The van der Waals surface area contributed by atoms with Crippen LogP contribution in [0, 0.1) is 22.7 Å². The molecular weight excluding hydrogens is 512 g/mol. The van der Waals surface area contributed by atoms with Gasteiger partial charge in [-0.15, -0.1) is 0 Å². The Balaban J connectivity index is 1.38. The molecule has 8 aromatic rings. The van der Waals surface area contributed by atoms with Gasteiger partial charge in [0.25, 0.3) is 0 Å². The van der Waals surface area contributed by atoms with Gasteiger partial charge >= 0.3 is 0 Å². The molecule has 0 radical (unpaired) electrons. The number of hydrogen-bond donors (Lipinski definition) is 0. The summed E-state index contributed by atoms with van der Waals surface area (Å²) in [7, 11) is 0. The lowest BCUT2D eigenvalue weighted by Crippen LogP contribution is -1.97. The summed E-state index contributed by atoms with van der Waals surface area (Å²) < 4.78 is 4.47. The van der Waals surface area contributed by atoms with Gasteiger partial charge in [0.05, 0.1) is 45.0 Å². The number of rotatable bonds is 3. The largest absolute Gasteiger partial charge is 0.309 e. The van der Waals surface area contributed by atoms with Crippen molar-refractivity contribution in [2.24, 2.45) is 0 Å². The van der Waals surface area contributed by atoms with Crippen LogP contribution in [0.4, 0.5) is 0 Å². The number of fused-ring (bicyclic) bond motifs is 6. The lowest BCUT2D eigenvalue weighted by atomic mass is 10.0. The molecule has 0 aliphatic heterocycles. The van der Waals surface area contributed by atoms with Gasteiger partial charge in [0.15, 0.2) is 0 Å². The Morgan fingerprint density at radius 1 is 0.429 bits per heavy atom. The predicted molar refractivity (Wildman–Crippen MR) is 170 cm³/mol. The minimum absolute atomic E-state index is 0.597. The average molecular weight is 535 g/mol. The van der Waals surface area contributed by atoms with E-state index in [1.54, 1.807) is 0 Å². The zero-order valence-corrected chi connectivity index (χ0v) is 22.5. The van der Waals surface area contributed by atoms with Gasteiger partial charge in [-0.25, -0.2) is 0 Å². The maximum Gasteiger partial charge on any atom is 0.101 e. The molecule has 42 heavy (non-hydrogen) atoms. The molecule has 2 aromatic heterocycles. The van der Waals surface area contributed by atoms with Gasteiger partial charge in [0.2, 0.25) is 0 Å². The molecule has 0 aliphatic carbocycles. The smallest absolute Gasteiger partial charge is 0.101 e. The van der Waals surface area contributed by atoms with Crippen LogP contribution in [0.5, 0.6) is 0 Å². The molecule has 0 N–H and O–H groups in total. The first kappa shape index (κ1) is 23.8. The van der Waals surface area contributed by atoms with Gasteiger partial charge in [-0.1, -0.05) is 72.8 Å². The van der Waals surface area contributed by atoms with E-state index in [1.807, 2.05) is 42.5 Å². The normalized spacial score (nSPS) is 11.3. The number of hydrogen-bond acceptors (Lipinski definition) is 2. The molecule has 0 saturated heterocycles. The SMILES string of the molecule is N#Cc1ccc2c(c1)c1ccc(-c3cccc(-n4c5ccccc5c5ccccc54)c3)cc1n2-c1ccccc1C#N. The molecule has 0 unspecified atom stereocenters. The van der Waals surface area contributed by atoms with Crippen LogP contribution < -0.4 is 0 Å². The van der Waals surface area contributed by atoms with Gasteiger partial charge in [0.1, 0.15) is 6.07 Å². The average Bonchev–Trinajstić information content (AvgIpc) is 3.56. The first-order chi connectivity index (χ1) is 20.7. The highest BCUT2D eigenvalue weighted by molar-refractivity contribution is 6.11. The van der Waals surface area contributed by atoms with E-state index in [1.165, 1.54) is 21.8 Å². The first-order valence-corrected chi connectivity index (χ1v) is 13.8. The molecule has 0 amide bonds. The fourth-order valence-electron chi connectivity index (χ4n) is 6.32. The van der Waals surface area contributed by atoms with Crippen LogP contribution in [0.2, 0.25) is 0 Å². The molecule has 0 spiro atoms. The van der Waals surface area contributed by atoms with E-state index in [0.717, 1.165) is 44.3 Å². The lowest BCUT2D eigenvalue weighted by Gasteiger charge is -2.12. The van der Waals surface area contributed by atoms with Crippen molar-refractivity contribution in [1.82, 2.24) is 9.13 Å². The highest BCUT2D eigenvalue weighted by atomic mass is 15.0. The van der Waals surface area contributed by atoms with Crippen molar-refractivity contribution in [3.8, 4) is 34.6 Å². The second kappa shape index (κ2) is 9.24. The number of nitrogens with zero attached hydrogens (tertiary/aromatic N) is 4. The molecular formula is C38H22N4. The van der Waals surface area contributed by atoms with Gasteiger partial charge in [0, 0.05) is 27.2 Å². The molecule has 2 heterocycles. The Labute approximate surface area is 242 Å². The Kier molecular flexibility index (Phi) is 5.22. The van der Waals surface area contributed by atoms with Crippen molar-refractivity contribution in [2.45, 2.75) is 0 Å². The van der Waals surface area contributed by atoms with E-state index in [9.17, 15) is 10.5 Å². The van der Waals surface area contributed by atoms with Crippen molar-refractivity contribution in [1.29, 1.82) is 10.5 Å². The fourth-order valence-corrected chi connectivity index (χ4v) is 6.32. The fraction of sp³-hybridized carbons (Fsp3) is 0. The molecule has 0 aliphatic rings. The number of para-hydroxylation sites is 3.